The molecule has 100 valence electrons. The van der Waals surface area contributed by atoms with Gasteiger partial charge < -0.3 is 5.32 Å². The van der Waals surface area contributed by atoms with Crippen molar-refractivity contribution in [1.82, 2.24) is 25.9 Å². The number of hydrogen-bond donors (Lipinski definition) is 2. The second-order valence-electron chi connectivity index (χ2n) is 3.72. The van der Waals surface area contributed by atoms with Gasteiger partial charge in [0.05, 0.1) is 12.3 Å². The Hall–Kier alpha value is -1.96. The smallest absolute Gasteiger partial charge is 0.230 e. The SMILES string of the molecule is O=C(CSCc1ccc(F)cc1)NCc1nn[nH]n1. The van der Waals surface area contributed by atoms with Crippen LogP contribution < -0.4 is 5.32 Å². The number of halogens is 1. The second kappa shape index (κ2) is 6.83. The normalized spacial score (nSPS) is 10.4. The predicted octanol–water partition coefficient (Wildman–Crippen LogP) is 0.888. The molecular weight excluding hydrogens is 269 g/mol. The van der Waals surface area contributed by atoms with Crippen LogP contribution in [0.4, 0.5) is 4.39 Å². The highest BCUT2D eigenvalue weighted by molar-refractivity contribution is 7.99. The molecule has 2 aromatic rings. The first-order valence-electron chi connectivity index (χ1n) is 5.55. The molecule has 0 bridgehead atoms. The lowest BCUT2D eigenvalue weighted by atomic mass is 10.2. The average molecular weight is 281 g/mol. The number of benzene rings is 1. The molecule has 0 spiro atoms. The van der Waals surface area contributed by atoms with E-state index in [4.69, 9.17) is 0 Å². The zero-order valence-electron chi connectivity index (χ0n) is 9.97. The van der Waals surface area contributed by atoms with Crippen molar-refractivity contribution in [2.24, 2.45) is 0 Å². The van der Waals surface area contributed by atoms with Crippen LogP contribution in [0.3, 0.4) is 0 Å². The molecule has 0 atom stereocenters. The molecule has 19 heavy (non-hydrogen) atoms. The van der Waals surface area contributed by atoms with Crippen molar-refractivity contribution < 1.29 is 9.18 Å². The highest BCUT2D eigenvalue weighted by atomic mass is 32.2. The van der Waals surface area contributed by atoms with Crippen LogP contribution >= 0.6 is 11.8 Å². The molecular formula is C11H12FN5OS. The van der Waals surface area contributed by atoms with Crippen LogP contribution in [-0.2, 0) is 17.1 Å². The number of aromatic amines is 1. The number of tetrazole rings is 1. The summed E-state index contributed by atoms with van der Waals surface area (Å²) in [5, 5.41) is 15.8. The minimum Gasteiger partial charge on any atom is -0.348 e. The summed E-state index contributed by atoms with van der Waals surface area (Å²) in [6.07, 6.45) is 0. The lowest BCUT2D eigenvalue weighted by Gasteiger charge is -2.03. The van der Waals surface area contributed by atoms with E-state index in [-0.39, 0.29) is 18.3 Å². The Morgan fingerprint density at radius 1 is 1.37 bits per heavy atom. The monoisotopic (exact) mass is 281 g/mol. The first kappa shape index (κ1) is 13.5. The number of rotatable bonds is 6. The summed E-state index contributed by atoms with van der Waals surface area (Å²) in [6.45, 7) is 0.256. The standard InChI is InChI=1S/C11H12FN5OS/c12-9-3-1-8(2-4-9)6-19-7-11(18)13-5-10-14-16-17-15-10/h1-4H,5-7H2,(H,13,18)(H,14,15,16,17). The summed E-state index contributed by atoms with van der Waals surface area (Å²) < 4.78 is 12.7. The Kier molecular flexibility index (Phi) is 4.85. The summed E-state index contributed by atoms with van der Waals surface area (Å²) in [7, 11) is 0. The third-order valence-corrected chi connectivity index (χ3v) is 3.25. The van der Waals surface area contributed by atoms with Crippen LogP contribution in [0.15, 0.2) is 24.3 Å². The zero-order chi connectivity index (χ0) is 13.5. The van der Waals surface area contributed by atoms with E-state index >= 15 is 0 Å². The first-order chi connectivity index (χ1) is 9.24. The molecule has 0 fully saturated rings. The fourth-order valence-corrected chi connectivity index (χ4v) is 2.15. The van der Waals surface area contributed by atoms with Crippen LogP contribution in [0.25, 0.3) is 0 Å². The number of carbonyl (C=O) groups is 1. The van der Waals surface area contributed by atoms with Crippen LogP contribution in [-0.4, -0.2) is 32.3 Å². The quantitative estimate of drug-likeness (QED) is 0.821. The molecule has 1 amide bonds. The van der Waals surface area contributed by atoms with Gasteiger partial charge in [0.1, 0.15) is 5.82 Å². The van der Waals surface area contributed by atoms with Crippen LogP contribution in [0.5, 0.6) is 0 Å². The first-order valence-corrected chi connectivity index (χ1v) is 6.71. The third kappa shape index (κ3) is 4.66. The van der Waals surface area contributed by atoms with E-state index in [1.165, 1.54) is 23.9 Å². The van der Waals surface area contributed by atoms with E-state index in [0.717, 1.165) is 5.56 Å². The summed E-state index contributed by atoms with van der Waals surface area (Å²) in [6, 6.07) is 6.23. The second-order valence-corrected chi connectivity index (χ2v) is 4.71. The molecule has 1 aromatic heterocycles. The van der Waals surface area contributed by atoms with Crippen molar-refractivity contribution in [3.8, 4) is 0 Å². The van der Waals surface area contributed by atoms with Crippen LogP contribution in [0, 0.1) is 5.82 Å². The van der Waals surface area contributed by atoms with Crippen LogP contribution in [0.2, 0.25) is 0 Å². The molecule has 0 aliphatic carbocycles. The molecule has 2 rings (SSSR count). The van der Waals surface area contributed by atoms with Crippen molar-refractivity contribution in [2.75, 3.05) is 5.75 Å². The van der Waals surface area contributed by atoms with Crippen molar-refractivity contribution in [3.05, 3.63) is 41.5 Å². The van der Waals surface area contributed by atoms with Crippen LogP contribution in [0.1, 0.15) is 11.4 Å². The van der Waals surface area contributed by atoms with E-state index in [9.17, 15) is 9.18 Å². The molecule has 0 aliphatic rings. The number of carbonyl (C=O) groups excluding carboxylic acids is 1. The Labute approximate surface area is 113 Å². The molecule has 0 aliphatic heterocycles. The molecule has 6 nitrogen and oxygen atoms in total. The highest BCUT2D eigenvalue weighted by Gasteiger charge is 2.04. The van der Waals surface area contributed by atoms with Gasteiger partial charge in [-0.2, -0.15) is 5.21 Å². The van der Waals surface area contributed by atoms with E-state index in [1.54, 1.807) is 12.1 Å². The predicted molar refractivity (Wildman–Crippen MR) is 68.6 cm³/mol. The summed E-state index contributed by atoms with van der Waals surface area (Å²) in [4.78, 5) is 11.5. The lowest BCUT2D eigenvalue weighted by molar-refractivity contribution is -0.118. The van der Waals surface area contributed by atoms with Gasteiger partial charge in [-0.3, -0.25) is 4.79 Å². The molecule has 0 saturated heterocycles. The van der Waals surface area contributed by atoms with E-state index in [2.05, 4.69) is 25.9 Å². The zero-order valence-corrected chi connectivity index (χ0v) is 10.8. The fraction of sp³-hybridized carbons (Fsp3) is 0.273. The van der Waals surface area contributed by atoms with Crippen molar-refractivity contribution in [2.45, 2.75) is 12.3 Å². The maximum absolute atomic E-state index is 12.7. The molecule has 1 heterocycles. The van der Waals surface area contributed by atoms with E-state index in [0.29, 0.717) is 17.3 Å². The maximum atomic E-state index is 12.7. The number of aromatic nitrogens is 4. The number of amides is 1. The lowest BCUT2D eigenvalue weighted by Crippen LogP contribution is -2.25. The van der Waals surface area contributed by atoms with Gasteiger partial charge in [-0.25, -0.2) is 4.39 Å². The van der Waals surface area contributed by atoms with Gasteiger partial charge >= 0.3 is 0 Å². The Bertz CT molecular complexity index is 516. The summed E-state index contributed by atoms with van der Waals surface area (Å²) in [5.74, 6) is 1.07. The number of nitrogens with zero attached hydrogens (tertiary/aromatic N) is 3. The van der Waals surface area contributed by atoms with Crippen molar-refractivity contribution >= 4 is 17.7 Å². The van der Waals surface area contributed by atoms with Gasteiger partial charge in [0, 0.05) is 5.75 Å². The minimum absolute atomic E-state index is 0.100. The molecule has 0 radical (unpaired) electrons. The third-order valence-electron chi connectivity index (χ3n) is 2.25. The fourth-order valence-electron chi connectivity index (χ4n) is 1.33. The van der Waals surface area contributed by atoms with Gasteiger partial charge in [-0.05, 0) is 17.7 Å². The van der Waals surface area contributed by atoms with E-state index in [1.807, 2.05) is 0 Å². The molecule has 2 N–H and O–H groups in total. The topological polar surface area (TPSA) is 83.6 Å². The summed E-state index contributed by atoms with van der Waals surface area (Å²) in [5.41, 5.74) is 0.984. The largest absolute Gasteiger partial charge is 0.348 e. The number of nitrogens with one attached hydrogen (secondary N) is 2. The van der Waals surface area contributed by atoms with Gasteiger partial charge in [0.2, 0.25) is 5.91 Å². The molecule has 8 heteroatoms. The number of thioether (sulfide) groups is 1. The Morgan fingerprint density at radius 2 is 2.16 bits per heavy atom. The minimum atomic E-state index is -0.258. The van der Waals surface area contributed by atoms with Crippen molar-refractivity contribution in [3.63, 3.8) is 0 Å². The van der Waals surface area contributed by atoms with Gasteiger partial charge in [-0.15, -0.1) is 22.0 Å². The number of hydrogen-bond acceptors (Lipinski definition) is 5. The summed E-state index contributed by atoms with van der Waals surface area (Å²) >= 11 is 1.46. The van der Waals surface area contributed by atoms with Gasteiger partial charge in [0.15, 0.2) is 5.82 Å². The number of H-pyrrole nitrogens is 1. The maximum Gasteiger partial charge on any atom is 0.230 e. The highest BCUT2D eigenvalue weighted by Crippen LogP contribution is 2.12. The average Bonchev–Trinajstić information content (AvgIpc) is 2.92. The van der Waals surface area contributed by atoms with Crippen molar-refractivity contribution in [1.29, 1.82) is 0 Å². The molecule has 0 unspecified atom stereocenters. The molecule has 1 aromatic carbocycles. The Balaban J connectivity index is 1.65. The molecule has 0 saturated carbocycles. The van der Waals surface area contributed by atoms with Gasteiger partial charge in [-0.1, -0.05) is 17.3 Å². The Morgan fingerprint density at radius 3 is 2.84 bits per heavy atom. The van der Waals surface area contributed by atoms with Gasteiger partial charge in [0.25, 0.3) is 0 Å². The van der Waals surface area contributed by atoms with E-state index < -0.39 is 0 Å².